The molecule has 2 aromatic carbocycles. The number of hydrogen-bond donors (Lipinski definition) is 3. The normalized spacial score (nSPS) is 11.7. The van der Waals surface area contributed by atoms with Crippen LogP contribution in [0, 0.1) is 19.7 Å². The number of para-hydroxylation sites is 1. The van der Waals surface area contributed by atoms with Crippen LogP contribution in [0.1, 0.15) is 17.0 Å². The number of hydrogen-bond acceptors (Lipinski definition) is 4. The van der Waals surface area contributed by atoms with Crippen molar-refractivity contribution in [3.05, 3.63) is 65.2 Å². The van der Waals surface area contributed by atoms with Crippen molar-refractivity contribution in [2.45, 2.75) is 13.8 Å². The minimum absolute atomic E-state index is 0.151. The number of aromatic hydroxyl groups is 1. The summed E-state index contributed by atoms with van der Waals surface area (Å²) in [7, 11) is 0. The molecule has 6 nitrogen and oxygen atoms in total. The Kier molecular flexibility index (Phi) is 3.92. The third kappa shape index (κ3) is 2.55. The number of benzene rings is 2. The summed E-state index contributed by atoms with van der Waals surface area (Å²) in [5.41, 5.74) is 4.67. The van der Waals surface area contributed by atoms with Gasteiger partial charge in [0, 0.05) is 28.3 Å². The van der Waals surface area contributed by atoms with E-state index in [1.54, 1.807) is 4.57 Å². The summed E-state index contributed by atoms with van der Waals surface area (Å²) in [6, 6.07) is 11.5. The van der Waals surface area contributed by atoms with Crippen LogP contribution in [0.25, 0.3) is 27.8 Å². The number of phenolic OH excluding ortho intramolecular Hbond substituents is 1. The van der Waals surface area contributed by atoms with Crippen molar-refractivity contribution in [1.29, 1.82) is 0 Å². The van der Waals surface area contributed by atoms with Crippen LogP contribution in [-0.4, -0.2) is 31.3 Å². The van der Waals surface area contributed by atoms with Gasteiger partial charge in [-0.05, 0) is 32.0 Å². The molecule has 0 aliphatic rings. The number of H-pyrrole nitrogens is 1. The molecule has 7 heteroatoms. The zero-order valence-corrected chi connectivity index (χ0v) is 14.7. The molecule has 136 valence electrons. The maximum absolute atomic E-state index is 14.8. The molecule has 0 spiro atoms. The third-order valence-corrected chi connectivity index (χ3v) is 4.64. The fraction of sp³-hybridized carbons (Fsp3) is 0.100. The average molecular weight is 364 g/mol. The van der Waals surface area contributed by atoms with Gasteiger partial charge in [-0.25, -0.2) is 4.39 Å². The quantitative estimate of drug-likeness (QED) is 0.288. The number of oxime groups is 1. The van der Waals surface area contributed by atoms with E-state index in [1.165, 1.54) is 18.3 Å². The SMILES string of the molecule is Cc1n[nH]c(C)c1-c1c(C=NO)c2ccccc2n1-c1ccc(O)cc1F. The third-order valence-electron chi connectivity index (χ3n) is 4.64. The Hall–Kier alpha value is -3.61. The van der Waals surface area contributed by atoms with Crippen molar-refractivity contribution in [2.24, 2.45) is 5.16 Å². The molecule has 0 saturated heterocycles. The summed E-state index contributed by atoms with van der Waals surface area (Å²) in [4.78, 5) is 0. The van der Waals surface area contributed by atoms with Gasteiger partial charge in [0.2, 0.25) is 0 Å². The molecule has 0 amide bonds. The van der Waals surface area contributed by atoms with E-state index in [-0.39, 0.29) is 11.4 Å². The van der Waals surface area contributed by atoms with Crippen molar-refractivity contribution in [1.82, 2.24) is 14.8 Å². The average Bonchev–Trinajstić information content (AvgIpc) is 3.13. The molecule has 0 radical (unpaired) electrons. The Balaban J connectivity index is 2.22. The molecule has 2 aromatic heterocycles. The molecule has 27 heavy (non-hydrogen) atoms. The van der Waals surface area contributed by atoms with E-state index < -0.39 is 5.82 Å². The van der Waals surface area contributed by atoms with Crippen LogP contribution in [0.2, 0.25) is 0 Å². The molecule has 4 aromatic rings. The monoisotopic (exact) mass is 364 g/mol. The first-order valence-electron chi connectivity index (χ1n) is 8.34. The molecule has 0 saturated carbocycles. The topological polar surface area (TPSA) is 86.4 Å². The largest absolute Gasteiger partial charge is 0.508 e. The summed E-state index contributed by atoms with van der Waals surface area (Å²) >= 11 is 0. The van der Waals surface area contributed by atoms with Crippen LogP contribution >= 0.6 is 0 Å². The van der Waals surface area contributed by atoms with Crippen molar-refractivity contribution < 1.29 is 14.7 Å². The van der Waals surface area contributed by atoms with Gasteiger partial charge in [0.1, 0.15) is 5.75 Å². The zero-order valence-electron chi connectivity index (χ0n) is 14.7. The van der Waals surface area contributed by atoms with Crippen LogP contribution in [0.4, 0.5) is 4.39 Å². The Morgan fingerprint density at radius 2 is 1.96 bits per heavy atom. The van der Waals surface area contributed by atoms with Crippen LogP contribution < -0.4 is 0 Å². The molecule has 0 aliphatic carbocycles. The van der Waals surface area contributed by atoms with Crippen LogP contribution in [0.5, 0.6) is 5.75 Å². The van der Waals surface area contributed by atoms with E-state index in [2.05, 4.69) is 15.4 Å². The lowest BCUT2D eigenvalue weighted by atomic mass is 10.0. The van der Waals surface area contributed by atoms with E-state index in [0.29, 0.717) is 11.3 Å². The predicted octanol–water partition coefficient (Wildman–Crippen LogP) is 4.29. The van der Waals surface area contributed by atoms with E-state index in [4.69, 9.17) is 0 Å². The van der Waals surface area contributed by atoms with Crippen LogP contribution in [0.3, 0.4) is 0 Å². The lowest BCUT2D eigenvalue weighted by molar-refractivity contribution is 0.322. The molecule has 2 heterocycles. The summed E-state index contributed by atoms with van der Waals surface area (Å²) < 4.78 is 16.6. The maximum Gasteiger partial charge on any atom is 0.150 e. The highest BCUT2D eigenvalue weighted by atomic mass is 19.1. The van der Waals surface area contributed by atoms with Crippen LogP contribution in [0.15, 0.2) is 47.6 Å². The number of aryl methyl sites for hydroxylation is 2. The molecule has 0 atom stereocenters. The lowest BCUT2D eigenvalue weighted by Gasteiger charge is -2.13. The molecule has 0 bridgehead atoms. The van der Waals surface area contributed by atoms with E-state index >= 15 is 0 Å². The summed E-state index contributed by atoms with van der Waals surface area (Å²) in [6.07, 6.45) is 1.35. The van der Waals surface area contributed by atoms with Gasteiger partial charge in [0.15, 0.2) is 5.82 Å². The fourth-order valence-electron chi connectivity index (χ4n) is 3.53. The highest BCUT2D eigenvalue weighted by Gasteiger charge is 2.24. The smallest absolute Gasteiger partial charge is 0.150 e. The van der Waals surface area contributed by atoms with Crippen molar-refractivity contribution in [3.8, 4) is 22.7 Å². The highest BCUT2D eigenvalue weighted by molar-refractivity contribution is 6.07. The van der Waals surface area contributed by atoms with Crippen molar-refractivity contribution in [3.63, 3.8) is 0 Å². The number of aromatic nitrogens is 3. The van der Waals surface area contributed by atoms with E-state index in [9.17, 15) is 14.7 Å². The van der Waals surface area contributed by atoms with Gasteiger partial charge < -0.3 is 14.9 Å². The molecule has 4 rings (SSSR count). The van der Waals surface area contributed by atoms with Gasteiger partial charge >= 0.3 is 0 Å². The Bertz CT molecular complexity index is 1170. The molecule has 0 fully saturated rings. The second-order valence-corrected chi connectivity index (χ2v) is 6.30. The summed E-state index contributed by atoms with van der Waals surface area (Å²) in [5.74, 6) is -0.717. The first-order valence-corrected chi connectivity index (χ1v) is 8.34. The number of nitrogens with zero attached hydrogens (tertiary/aromatic N) is 3. The van der Waals surface area contributed by atoms with Gasteiger partial charge in [-0.1, -0.05) is 23.4 Å². The zero-order chi connectivity index (χ0) is 19.1. The van der Waals surface area contributed by atoms with Gasteiger partial charge in [0.25, 0.3) is 0 Å². The second-order valence-electron chi connectivity index (χ2n) is 6.30. The first-order chi connectivity index (χ1) is 13.0. The molecule has 0 unspecified atom stereocenters. The number of fused-ring (bicyclic) bond motifs is 1. The predicted molar refractivity (Wildman–Crippen MR) is 101 cm³/mol. The highest BCUT2D eigenvalue weighted by Crippen LogP contribution is 2.38. The van der Waals surface area contributed by atoms with Gasteiger partial charge in [-0.2, -0.15) is 5.10 Å². The first kappa shape index (κ1) is 16.8. The summed E-state index contributed by atoms with van der Waals surface area (Å²) in [6.45, 7) is 3.73. The Morgan fingerprint density at radius 1 is 1.19 bits per heavy atom. The van der Waals surface area contributed by atoms with Crippen LogP contribution in [-0.2, 0) is 0 Å². The number of aromatic amines is 1. The number of phenols is 1. The molecular weight excluding hydrogens is 347 g/mol. The van der Waals surface area contributed by atoms with E-state index in [0.717, 1.165) is 33.9 Å². The standard InChI is InChI=1S/C20H17FN4O2/c1-11-19(12(2)24-23-11)20-15(10-22-27)14-5-3-4-6-17(14)25(20)18-8-7-13(26)9-16(18)21/h3-10,26-27H,1-2H3,(H,23,24). The van der Waals surface area contributed by atoms with Gasteiger partial charge in [0.05, 0.1) is 28.8 Å². The minimum atomic E-state index is -0.566. The number of rotatable bonds is 3. The Morgan fingerprint density at radius 3 is 2.63 bits per heavy atom. The lowest BCUT2D eigenvalue weighted by Crippen LogP contribution is -2.02. The molecular formula is C20H17FN4O2. The number of nitrogens with one attached hydrogen (secondary N) is 1. The number of halogens is 1. The summed E-state index contributed by atoms with van der Waals surface area (Å²) in [5, 5.41) is 30.1. The minimum Gasteiger partial charge on any atom is -0.508 e. The molecule has 3 N–H and O–H groups in total. The second kappa shape index (κ2) is 6.28. The maximum atomic E-state index is 14.8. The van der Waals surface area contributed by atoms with Gasteiger partial charge in [-0.15, -0.1) is 0 Å². The van der Waals surface area contributed by atoms with Crippen molar-refractivity contribution >= 4 is 17.1 Å². The molecule has 0 aliphatic heterocycles. The van der Waals surface area contributed by atoms with Crippen molar-refractivity contribution in [2.75, 3.05) is 0 Å². The van der Waals surface area contributed by atoms with Gasteiger partial charge in [-0.3, -0.25) is 5.10 Å². The fourth-order valence-corrected chi connectivity index (χ4v) is 3.53. The van der Waals surface area contributed by atoms with E-state index in [1.807, 2.05) is 38.1 Å². The Labute approximate surface area is 154 Å².